The number of aryl methyl sites for hydroxylation is 1. The van der Waals surface area contributed by atoms with Crippen LogP contribution in [0.25, 0.3) is 22.6 Å². The lowest BCUT2D eigenvalue weighted by molar-refractivity contribution is 0.881. The average Bonchev–Trinajstić information content (AvgIpc) is 3.04. The van der Waals surface area contributed by atoms with Crippen molar-refractivity contribution in [3.05, 3.63) is 42.4 Å². The molecule has 0 fully saturated rings. The van der Waals surface area contributed by atoms with Crippen molar-refractivity contribution in [2.75, 3.05) is 0 Å². The van der Waals surface area contributed by atoms with Crippen LogP contribution in [0, 0.1) is 6.92 Å². The van der Waals surface area contributed by atoms with Gasteiger partial charge >= 0.3 is 0 Å². The molecule has 3 aromatic rings. The molecule has 6 nitrogen and oxygen atoms in total. The first kappa shape index (κ1) is 13.8. The van der Waals surface area contributed by atoms with Crippen molar-refractivity contribution < 1.29 is 0 Å². The van der Waals surface area contributed by atoms with Crippen LogP contribution < -0.4 is 0 Å². The van der Waals surface area contributed by atoms with Gasteiger partial charge in [-0.3, -0.25) is 9.97 Å². The number of rotatable bonds is 2. The summed E-state index contributed by atoms with van der Waals surface area (Å²) in [6, 6.07) is 7.80. The fourth-order valence-electron chi connectivity index (χ4n) is 1.78. The summed E-state index contributed by atoms with van der Waals surface area (Å²) < 4.78 is 0. The van der Waals surface area contributed by atoms with E-state index in [1.807, 2.05) is 45.0 Å². The SMILES string of the molecule is CC.Cc1ncccc1-c1ccnc(-c2nn[nH]n2)c1. The Morgan fingerprint density at radius 3 is 2.60 bits per heavy atom. The van der Waals surface area contributed by atoms with Crippen LogP contribution in [0.2, 0.25) is 0 Å². The van der Waals surface area contributed by atoms with E-state index in [1.54, 1.807) is 12.4 Å². The molecule has 102 valence electrons. The van der Waals surface area contributed by atoms with E-state index >= 15 is 0 Å². The minimum absolute atomic E-state index is 0.485. The van der Waals surface area contributed by atoms with E-state index < -0.39 is 0 Å². The Kier molecular flexibility index (Phi) is 4.49. The molecule has 0 spiro atoms. The van der Waals surface area contributed by atoms with Gasteiger partial charge < -0.3 is 0 Å². The Hall–Kier alpha value is -2.63. The van der Waals surface area contributed by atoms with Gasteiger partial charge in [-0.2, -0.15) is 5.21 Å². The van der Waals surface area contributed by atoms with Crippen LogP contribution in [0.3, 0.4) is 0 Å². The van der Waals surface area contributed by atoms with Gasteiger partial charge in [-0.25, -0.2) is 0 Å². The predicted octanol–water partition coefficient (Wildman–Crippen LogP) is 2.66. The van der Waals surface area contributed by atoms with Crippen LogP contribution in [0.15, 0.2) is 36.7 Å². The molecule has 6 heteroatoms. The van der Waals surface area contributed by atoms with Crippen LogP contribution in [0.5, 0.6) is 0 Å². The molecule has 20 heavy (non-hydrogen) atoms. The lowest BCUT2D eigenvalue weighted by Gasteiger charge is -2.05. The smallest absolute Gasteiger partial charge is 0.222 e. The highest BCUT2D eigenvalue weighted by atomic mass is 15.5. The maximum atomic E-state index is 4.28. The Morgan fingerprint density at radius 1 is 1.05 bits per heavy atom. The highest BCUT2D eigenvalue weighted by Crippen LogP contribution is 2.23. The molecular formula is C14H16N6. The van der Waals surface area contributed by atoms with E-state index in [4.69, 9.17) is 0 Å². The highest BCUT2D eigenvalue weighted by Gasteiger charge is 2.07. The number of hydrogen-bond acceptors (Lipinski definition) is 5. The zero-order chi connectivity index (χ0) is 14.4. The summed E-state index contributed by atoms with van der Waals surface area (Å²) in [5, 5.41) is 13.8. The third-order valence-corrected chi connectivity index (χ3v) is 2.65. The topological polar surface area (TPSA) is 80.2 Å². The zero-order valence-electron chi connectivity index (χ0n) is 11.7. The lowest BCUT2D eigenvalue weighted by Crippen LogP contribution is -1.90. The Labute approximate surface area is 117 Å². The van der Waals surface area contributed by atoms with E-state index in [2.05, 4.69) is 30.6 Å². The molecule has 0 amide bonds. The summed E-state index contributed by atoms with van der Waals surface area (Å²) in [5.74, 6) is 0.485. The van der Waals surface area contributed by atoms with Gasteiger partial charge in [-0.1, -0.05) is 19.9 Å². The van der Waals surface area contributed by atoms with Crippen LogP contribution in [0.4, 0.5) is 0 Å². The van der Waals surface area contributed by atoms with Crippen molar-refractivity contribution in [1.82, 2.24) is 30.6 Å². The zero-order valence-corrected chi connectivity index (χ0v) is 11.7. The van der Waals surface area contributed by atoms with Gasteiger partial charge in [0.2, 0.25) is 5.82 Å². The summed E-state index contributed by atoms with van der Waals surface area (Å²) in [4.78, 5) is 8.51. The largest absolute Gasteiger partial charge is 0.261 e. The summed E-state index contributed by atoms with van der Waals surface area (Å²) >= 11 is 0. The summed E-state index contributed by atoms with van der Waals surface area (Å²) in [6.07, 6.45) is 3.51. The standard InChI is InChI=1S/C12H10N6.C2H6/c1-8-10(3-2-5-13-8)9-4-6-14-11(7-9)12-15-17-18-16-12;1-2/h2-7H,1H3,(H,15,16,17,18);1-2H3. The molecule has 0 saturated carbocycles. The molecule has 0 aromatic carbocycles. The van der Waals surface area contributed by atoms with Gasteiger partial charge in [0.25, 0.3) is 0 Å². The molecule has 0 atom stereocenters. The number of aromatic amines is 1. The maximum Gasteiger partial charge on any atom is 0.222 e. The van der Waals surface area contributed by atoms with Crippen LogP contribution in [-0.4, -0.2) is 30.6 Å². The highest BCUT2D eigenvalue weighted by molar-refractivity contribution is 5.69. The molecule has 0 aliphatic rings. The molecule has 3 heterocycles. The summed E-state index contributed by atoms with van der Waals surface area (Å²) in [6.45, 7) is 5.98. The first-order valence-corrected chi connectivity index (χ1v) is 6.46. The first-order valence-electron chi connectivity index (χ1n) is 6.46. The molecule has 0 saturated heterocycles. The van der Waals surface area contributed by atoms with Crippen molar-refractivity contribution in [2.24, 2.45) is 0 Å². The van der Waals surface area contributed by atoms with Gasteiger partial charge in [0.05, 0.1) is 0 Å². The van der Waals surface area contributed by atoms with Crippen molar-refractivity contribution in [1.29, 1.82) is 0 Å². The van der Waals surface area contributed by atoms with Crippen molar-refractivity contribution in [2.45, 2.75) is 20.8 Å². The molecule has 3 rings (SSSR count). The molecule has 0 aliphatic heterocycles. The third kappa shape index (κ3) is 2.85. The monoisotopic (exact) mass is 268 g/mol. The van der Waals surface area contributed by atoms with Gasteiger partial charge in [0.1, 0.15) is 5.69 Å². The van der Waals surface area contributed by atoms with E-state index in [0.29, 0.717) is 11.5 Å². The molecule has 0 aliphatic carbocycles. The normalized spacial score (nSPS) is 9.75. The van der Waals surface area contributed by atoms with Gasteiger partial charge in [-0.15, -0.1) is 10.2 Å². The minimum atomic E-state index is 0.485. The molecule has 0 bridgehead atoms. The van der Waals surface area contributed by atoms with Crippen molar-refractivity contribution in [3.8, 4) is 22.6 Å². The van der Waals surface area contributed by atoms with Gasteiger partial charge in [0.15, 0.2) is 0 Å². The van der Waals surface area contributed by atoms with E-state index in [1.165, 1.54) is 0 Å². The fraction of sp³-hybridized carbons (Fsp3) is 0.214. The third-order valence-electron chi connectivity index (χ3n) is 2.65. The number of hydrogen-bond donors (Lipinski definition) is 1. The van der Waals surface area contributed by atoms with E-state index in [9.17, 15) is 0 Å². The van der Waals surface area contributed by atoms with Crippen LogP contribution >= 0.6 is 0 Å². The molecule has 0 unspecified atom stereocenters. The Balaban J connectivity index is 0.000000704. The van der Waals surface area contributed by atoms with Gasteiger partial charge in [-0.05, 0) is 35.9 Å². The molecule has 3 aromatic heterocycles. The van der Waals surface area contributed by atoms with E-state index in [0.717, 1.165) is 16.8 Å². The van der Waals surface area contributed by atoms with E-state index in [-0.39, 0.29) is 0 Å². The molecular weight excluding hydrogens is 252 g/mol. The first-order chi connectivity index (χ1) is 9.84. The minimum Gasteiger partial charge on any atom is -0.261 e. The molecule has 1 N–H and O–H groups in total. The van der Waals surface area contributed by atoms with Crippen LogP contribution in [-0.2, 0) is 0 Å². The number of nitrogens with one attached hydrogen (secondary N) is 1. The summed E-state index contributed by atoms with van der Waals surface area (Å²) in [7, 11) is 0. The number of pyridine rings is 2. The average molecular weight is 268 g/mol. The van der Waals surface area contributed by atoms with Crippen LogP contribution in [0.1, 0.15) is 19.5 Å². The predicted molar refractivity (Wildman–Crippen MR) is 76.7 cm³/mol. The number of nitrogens with zero attached hydrogens (tertiary/aromatic N) is 5. The number of tetrazole rings is 1. The second kappa shape index (κ2) is 6.51. The summed E-state index contributed by atoms with van der Waals surface area (Å²) in [5.41, 5.74) is 3.77. The molecule has 0 radical (unpaired) electrons. The quantitative estimate of drug-likeness (QED) is 0.772. The fourth-order valence-corrected chi connectivity index (χ4v) is 1.78. The second-order valence-electron chi connectivity index (χ2n) is 3.80. The number of aromatic nitrogens is 6. The Bertz CT molecular complexity index is 663. The maximum absolute atomic E-state index is 4.28. The lowest BCUT2D eigenvalue weighted by atomic mass is 10.1. The number of H-pyrrole nitrogens is 1. The van der Waals surface area contributed by atoms with Gasteiger partial charge in [0, 0.05) is 23.7 Å². The second-order valence-corrected chi connectivity index (χ2v) is 3.80. The van der Waals surface area contributed by atoms with Crippen molar-refractivity contribution >= 4 is 0 Å². The Morgan fingerprint density at radius 2 is 1.90 bits per heavy atom. The van der Waals surface area contributed by atoms with Crippen molar-refractivity contribution in [3.63, 3.8) is 0 Å².